The summed E-state index contributed by atoms with van der Waals surface area (Å²) in [5.41, 5.74) is 7.03. The van der Waals surface area contributed by atoms with Gasteiger partial charge in [-0.2, -0.15) is 0 Å². The zero-order chi connectivity index (χ0) is 12.5. The highest BCUT2D eigenvalue weighted by Gasteiger charge is 2.17. The molecule has 0 bridgehead atoms. The molecule has 2 rings (SSSR count). The molecule has 0 amide bonds. The molecule has 2 heterocycles. The summed E-state index contributed by atoms with van der Waals surface area (Å²) in [6.45, 7) is 6.41. The lowest BCUT2D eigenvalue weighted by Gasteiger charge is -2.13. The maximum atomic E-state index is 5.92. The predicted molar refractivity (Wildman–Crippen MR) is 75.5 cm³/mol. The molecule has 0 saturated heterocycles. The van der Waals surface area contributed by atoms with E-state index in [4.69, 9.17) is 5.73 Å². The van der Waals surface area contributed by atoms with Gasteiger partial charge in [0.15, 0.2) is 0 Å². The first kappa shape index (κ1) is 12.3. The van der Waals surface area contributed by atoms with Gasteiger partial charge in [-0.05, 0) is 11.4 Å². The molecule has 5 heteroatoms. The summed E-state index contributed by atoms with van der Waals surface area (Å²) in [7, 11) is 0. The second-order valence-corrected chi connectivity index (χ2v) is 6.52. The molecule has 90 valence electrons. The highest BCUT2D eigenvalue weighted by Crippen LogP contribution is 2.28. The van der Waals surface area contributed by atoms with E-state index < -0.39 is 0 Å². The number of hydrogen-bond acceptors (Lipinski definition) is 4. The fraction of sp³-hybridized carbons (Fsp3) is 0.333. The molecule has 0 radical (unpaired) electrons. The van der Waals surface area contributed by atoms with Crippen molar-refractivity contribution >= 4 is 33.6 Å². The zero-order valence-corrected chi connectivity index (χ0v) is 11.7. The van der Waals surface area contributed by atoms with Gasteiger partial charge in [-0.25, -0.2) is 9.98 Å². The fourth-order valence-electron chi connectivity index (χ4n) is 1.24. The third-order valence-corrected chi connectivity index (χ3v) is 3.88. The van der Waals surface area contributed by atoms with Crippen LogP contribution in [0.1, 0.15) is 31.3 Å². The standard InChI is InChI=1S/C12H15N3S2/c1-12(2,3)9-7-17-11(14-9)15-10(13)8-5-4-6-16-8/h4-7H,1-3H3,(H2,13,14,15). The molecule has 0 atom stereocenters. The monoisotopic (exact) mass is 265 g/mol. The third-order valence-electron chi connectivity index (χ3n) is 2.25. The number of nitrogens with two attached hydrogens (primary N) is 1. The van der Waals surface area contributed by atoms with Gasteiger partial charge >= 0.3 is 0 Å². The van der Waals surface area contributed by atoms with Gasteiger partial charge < -0.3 is 5.73 Å². The number of amidine groups is 1. The maximum Gasteiger partial charge on any atom is 0.211 e. The van der Waals surface area contributed by atoms with Crippen LogP contribution in [0.5, 0.6) is 0 Å². The van der Waals surface area contributed by atoms with E-state index in [1.807, 2.05) is 22.9 Å². The van der Waals surface area contributed by atoms with Gasteiger partial charge in [0.25, 0.3) is 0 Å². The summed E-state index contributed by atoms with van der Waals surface area (Å²) in [5.74, 6) is 0.537. The van der Waals surface area contributed by atoms with Gasteiger partial charge in [0.2, 0.25) is 5.13 Å². The van der Waals surface area contributed by atoms with Crippen LogP contribution in [0.4, 0.5) is 5.13 Å². The average molecular weight is 265 g/mol. The lowest BCUT2D eigenvalue weighted by Crippen LogP contribution is -2.12. The Kier molecular flexibility index (Phi) is 3.31. The Morgan fingerprint density at radius 1 is 1.35 bits per heavy atom. The van der Waals surface area contributed by atoms with Crippen LogP contribution in [0.3, 0.4) is 0 Å². The molecular formula is C12H15N3S2. The SMILES string of the molecule is CC(C)(C)c1csc(N=C(N)c2cccs2)n1. The van der Waals surface area contributed by atoms with Crippen LogP contribution in [0.2, 0.25) is 0 Å². The summed E-state index contributed by atoms with van der Waals surface area (Å²) in [4.78, 5) is 9.82. The molecule has 0 aromatic carbocycles. The summed E-state index contributed by atoms with van der Waals surface area (Å²) in [6.07, 6.45) is 0. The first-order valence-electron chi connectivity index (χ1n) is 5.31. The minimum absolute atomic E-state index is 0.0575. The number of hydrogen-bond donors (Lipinski definition) is 1. The lowest BCUT2D eigenvalue weighted by atomic mass is 9.93. The molecule has 0 aliphatic heterocycles. The van der Waals surface area contributed by atoms with E-state index in [0.717, 1.165) is 15.7 Å². The van der Waals surface area contributed by atoms with Crippen LogP contribution in [-0.4, -0.2) is 10.8 Å². The summed E-state index contributed by atoms with van der Waals surface area (Å²) >= 11 is 3.11. The van der Waals surface area contributed by atoms with Crippen molar-refractivity contribution in [1.29, 1.82) is 0 Å². The second-order valence-electron chi connectivity index (χ2n) is 4.74. The second kappa shape index (κ2) is 4.58. The zero-order valence-electron chi connectivity index (χ0n) is 10.1. The van der Waals surface area contributed by atoms with Gasteiger partial charge in [0, 0.05) is 10.8 Å². The van der Waals surface area contributed by atoms with Crippen molar-refractivity contribution in [2.45, 2.75) is 26.2 Å². The first-order valence-corrected chi connectivity index (χ1v) is 7.07. The van der Waals surface area contributed by atoms with E-state index in [0.29, 0.717) is 5.84 Å². The van der Waals surface area contributed by atoms with Gasteiger partial charge in [0.05, 0.1) is 10.6 Å². The van der Waals surface area contributed by atoms with E-state index in [1.165, 1.54) is 11.3 Å². The molecule has 0 fully saturated rings. The van der Waals surface area contributed by atoms with Crippen molar-refractivity contribution in [2.75, 3.05) is 0 Å². The van der Waals surface area contributed by atoms with Crippen molar-refractivity contribution in [3.63, 3.8) is 0 Å². The molecule has 0 spiro atoms. The third kappa shape index (κ3) is 2.92. The van der Waals surface area contributed by atoms with Crippen LogP contribution in [-0.2, 0) is 5.41 Å². The molecule has 17 heavy (non-hydrogen) atoms. The lowest BCUT2D eigenvalue weighted by molar-refractivity contribution is 0.573. The molecular weight excluding hydrogens is 250 g/mol. The molecule has 0 aliphatic carbocycles. The topological polar surface area (TPSA) is 51.3 Å². The quantitative estimate of drug-likeness (QED) is 0.667. The fourth-order valence-corrected chi connectivity index (χ4v) is 2.80. The van der Waals surface area contributed by atoms with E-state index in [-0.39, 0.29) is 5.41 Å². The molecule has 3 nitrogen and oxygen atoms in total. The van der Waals surface area contributed by atoms with Gasteiger partial charge in [-0.3, -0.25) is 0 Å². The highest BCUT2D eigenvalue weighted by molar-refractivity contribution is 7.14. The molecule has 0 saturated carbocycles. The van der Waals surface area contributed by atoms with E-state index in [9.17, 15) is 0 Å². The Morgan fingerprint density at radius 3 is 2.65 bits per heavy atom. The minimum Gasteiger partial charge on any atom is -0.382 e. The number of rotatable bonds is 2. The van der Waals surface area contributed by atoms with Crippen LogP contribution in [0.15, 0.2) is 27.9 Å². The van der Waals surface area contributed by atoms with Crippen LogP contribution in [0, 0.1) is 0 Å². The Labute approximate surface area is 109 Å². The van der Waals surface area contributed by atoms with E-state index in [2.05, 4.69) is 30.7 Å². The smallest absolute Gasteiger partial charge is 0.211 e. The van der Waals surface area contributed by atoms with Gasteiger partial charge in [-0.15, -0.1) is 22.7 Å². The normalized spacial score (nSPS) is 13.0. The minimum atomic E-state index is 0.0575. The van der Waals surface area contributed by atoms with E-state index >= 15 is 0 Å². The number of aliphatic imine (C=N–C) groups is 1. The van der Waals surface area contributed by atoms with Crippen molar-refractivity contribution in [2.24, 2.45) is 10.7 Å². The molecule has 0 unspecified atom stereocenters. The average Bonchev–Trinajstić information content (AvgIpc) is 2.85. The number of aromatic nitrogens is 1. The molecule has 2 aromatic heterocycles. The Bertz CT molecular complexity index is 518. The molecule has 2 N–H and O–H groups in total. The van der Waals surface area contributed by atoms with E-state index in [1.54, 1.807) is 11.3 Å². The number of thiazole rings is 1. The summed E-state index contributed by atoms with van der Waals surface area (Å²) in [5, 5.41) is 4.75. The first-order chi connectivity index (χ1) is 7.97. The molecule has 2 aromatic rings. The van der Waals surface area contributed by atoms with Crippen LogP contribution in [0.25, 0.3) is 0 Å². The van der Waals surface area contributed by atoms with Crippen molar-refractivity contribution < 1.29 is 0 Å². The summed E-state index contributed by atoms with van der Waals surface area (Å²) < 4.78 is 0. The number of nitrogens with zero attached hydrogens (tertiary/aromatic N) is 2. The Balaban J connectivity index is 2.25. The maximum absolute atomic E-state index is 5.92. The van der Waals surface area contributed by atoms with Crippen LogP contribution >= 0.6 is 22.7 Å². The number of thiophene rings is 1. The van der Waals surface area contributed by atoms with Crippen molar-refractivity contribution in [3.05, 3.63) is 33.5 Å². The largest absolute Gasteiger partial charge is 0.382 e. The Morgan fingerprint density at radius 2 is 2.12 bits per heavy atom. The van der Waals surface area contributed by atoms with Crippen molar-refractivity contribution in [3.8, 4) is 0 Å². The van der Waals surface area contributed by atoms with Gasteiger partial charge in [-0.1, -0.05) is 26.8 Å². The van der Waals surface area contributed by atoms with Gasteiger partial charge in [0.1, 0.15) is 5.84 Å². The highest BCUT2D eigenvalue weighted by atomic mass is 32.1. The predicted octanol–water partition coefficient (Wildman–Crippen LogP) is 3.54. The summed E-state index contributed by atoms with van der Waals surface area (Å²) in [6, 6.07) is 3.92. The van der Waals surface area contributed by atoms with Crippen LogP contribution < -0.4 is 5.73 Å². The van der Waals surface area contributed by atoms with Crippen molar-refractivity contribution in [1.82, 2.24) is 4.98 Å². The Hall–Kier alpha value is -1.20. The molecule has 0 aliphatic rings.